The molecule has 0 radical (unpaired) electrons. The summed E-state index contributed by atoms with van der Waals surface area (Å²) in [6, 6.07) is 9.12. The van der Waals surface area contributed by atoms with Crippen LogP contribution in [0.1, 0.15) is 26.5 Å². The van der Waals surface area contributed by atoms with E-state index < -0.39 is 0 Å². The lowest BCUT2D eigenvalue weighted by Gasteiger charge is -2.30. The van der Waals surface area contributed by atoms with E-state index in [4.69, 9.17) is 9.26 Å². The molecule has 0 atom stereocenters. The molecule has 2 N–H and O–H groups in total. The Labute approximate surface area is 147 Å². The first-order valence-corrected chi connectivity index (χ1v) is 8.40. The van der Waals surface area contributed by atoms with Crippen LogP contribution in [-0.4, -0.2) is 37.5 Å². The van der Waals surface area contributed by atoms with E-state index in [2.05, 4.69) is 20.7 Å². The van der Waals surface area contributed by atoms with Crippen LogP contribution in [0.3, 0.4) is 0 Å². The van der Waals surface area contributed by atoms with Gasteiger partial charge in [0.1, 0.15) is 5.76 Å². The van der Waals surface area contributed by atoms with Crippen molar-refractivity contribution in [3.05, 3.63) is 36.1 Å². The summed E-state index contributed by atoms with van der Waals surface area (Å²) >= 11 is 0. The maximum Gasteiger partial charge on any atom is 0.325 e. The van der Waals surface area contributed by atoms with Gasteiger partial charge in [0.05, 0.1) is 24.6 Å². The average Bonchev–Trinajstić information content (AvgIpc) is 3.05. The van der Waals surface area contributed by atoms with Gasteiger partial charge in [-0.05, 0) is 12.1 Å². The van der Waals surface area contributed by atoms with E-state index in [1.807, 2.05) is 45.0 Å². The van der Waals surface area contributed by atoms with Crippen LogP contribution in [0.4, 0.5) is 22.0 Å². The lowest BCUT2D eigenvalue weighted by molar-refractivity contribution is 0.123. The molecule has 0 unspecified atom stereocenters. The van der Waals surface area contributed by atoms with E-state index >= 15 is 0 Å². The summed E-state index contributed by atoms with van der Waals surface area (Å²) in [7, 11) is 0. The summed E-state index contributed by atoms with van der Waals surface area (Å²) in [5, 5.41) is 9.51. The molecule has 1 aliphatic heterocycles. The van der Waals surface area contributed by atoms with Gasteiger partial charge in [0, 0.05) is 24.6 Å². The van der Waals surface area contributed by atoms with Crippen LogP contribution in [0, 0.1) is 0 Å². The Morgan fingerprint density at radius 2 is 1.88 bits per heavy atom. The Morgan fingerprint density at radius 3 is 2.56 bits per heavy atom. The lowest BCUT2D eigenvalue weighted by Crippen LogP contribution is -2.37. The number of carbonyl (C=O) groups is 1. The average molecular weight is 344 g/mol. The van der Waals surface area contributed by atoms with E-state index in [1.54, 1.807) is 6.07 Å². The van der Waals surface area contributed by atoms with Crippen molar-refractivity contribution in [2.24, 2.45) is 0 Å². The van der Waals surface area contributed by atoms with Crippen molar-refractivity contribution in [2.75, 3.05) is 41.8 Å². The molecule has 0 spiro atoms. The summed E-state index contributed by atoms with van der Waals surface area (Å²) in [6.45, 7) is 9.06. The van der Waals surface area contributed by atoms with Crippen LogP contribution in [-0.2, 0) is 10.2 Å². The Balaban J connectivity index is 1.68. The summed E-state index contributed by atoms with van der Waals surface area (Å²) < 4.78 is 10.7. The fraction of sp³-hybridized carbons (Fsp3) is 0.444. The third-order valence-electron chi connectivity index (χ3n) is 3.99. The van der Waals surface area contributed by atoms with Crippen LogP contribution in [0.5, 0.6) is 0 Å². The number of rotatable bonds is 3. The van der Waals surface area contributed by atoms with Gasteiger partial charge in [0.25, 0.3) is 0 Å². The SMILES string of the molecule is CC(C)(C)c1cc(NC(=O)Nc2ccccc2N2CCOCC2)no1. The number of hydrogen-bond donors (Lipinski definition) is 2. The van der Waals surface area contributed by atoms with Gasteiger partial charge in [0.15, 0.2) is 5.82 Å². The van der Waals surface area contributed by atoms with Gasteiger partial charge < -0.3 is 19.5 Å². The van der Waals surface area contributed by atoms with Crippen molar-refractivity contribution >= 4 is 23.2 Å². The highest BCUT2D eigenvalue weighted by Crippen LogP contribution is 2.27. The van der Waals surface area contributed by atoms with Crippen LogP contribution < -0.4 is 15.5 Å². The third kappa shape index (κ3) is 4.30. The van der Waals surface area contributed by atoms with E-state index in [0.717, 1.165) is 30.2 Å². The molecule has 25 heavy (non-hydrogen) atoms. The van der Waals surface area contributed by atoms with Gasteiger partial charge >= 0.3 is 6.03 Å². The van der Waals surface area contributed by atoms with Gasteiger partial charge in [-0.25, -0.2) is 4.79 Å². The van der Waals surface area contributed by atoms with Crippen molar-refractivity contribution in [2.45, 2.75) is 26.2 Å². The number of hydrogen-bond acceptors (Lipinski definition) is 5. The number of nitrogens with one attached hydrogen (secondary N) is 2. The van der Waals surface area contributed by atoms with Gasteiger partial charge in [-0.3, -0.25) is 5.32 Å². The smallest absolute Gasteiger partial charge is 0.325 e. The zero-order valence-electron chi connectivity index (χ0n) is 14.8. The molecule has 0 aliphatic carbocycles. The van der Waals surface area contributed by atoms with Crippen LogP contribution >= 0.6 is 0 Å². The maximum atomic E-state index is 12.3. The van der Waals surface area contributed by atoms with Gasteiger partial charge in [-0.15, -0.1) is 0 Å². The fourth-order valence-electron chi connectivity index (χ4n) is 2.62. The molecule has 0 bridgehead atoms. The summed E-state index contributed by atoms with van der Waals surface area (Å²) in [6.07, 6.45) is 0. The highest BCUT2D eigenvalue weighted by atomic mass is 16.5. The number of ether oxygens (including phenoxy) is 1. The van der Waals surface area contributed by atoms with Crippen molar-refractivity contribution in [3.63, 3.8) is 0 Å². The van der Waals surface area contributed by atoms with E-state index in [0.29, 0.717) is 19.0 Å². The number of urea groups is 1. The lowest BCUT2D eigenvalue weighted by atomic mass is 9.93. The summed E-state index contributed by atoms with van der Waals surface area (Å²) in [5.41, 5.74) is 1.57. The minimum Gasteiger partial charge on any atom is -0.378 e. The number of morpholine rings is 1. The Kier molecular flexibility index (Phi) is 4.94. The number of nitrogens with zero attached hydrogens (tertiary/aromatic N) is 2. The van der Waals surface area contributed by atoms with Crippen LogP contribution in [0.2, 0.25) is 0 Å². The molecule has 2 aromatic rings. The molecule has 7 heteroatoms. The molecule has 2 amide bonds. The monoisotopic (exact) mass is 344 g/mol. The molecule has 134 valence electrons. The molecule has 7 nitrogen and oxygen atoms in total. The van der Waals surface area contributed by atoms with Gasteiger partial charge in [-0.2, -0.15) is 0 Å². The quantitative estimate of drug-likeness (QED) is 0.891. The molecule has 0 saturated carbocycles. The second kappa shape index (κ2) is 7.14. The van der Waals surface area contributed by atoms with Gasteiger partial charge in [0.2, 0.25) is 0 Å². The van der Waals surface area contributed by atoms with Crippen molar-refractivity contribution in [1.29, 1.82) is 0 Å². The number of para-hydroxylation sites is 2. The zero-order valence-corrected chi connectivity index (χ0v) is 14.8. The van der Waals surface area contributed by atoms with Crippen LogP contribution in [0.25, 0.3) is 0 Å². The summed E-state index contributed by atoms with van der Waals surface area (Å²) in [4.78, 5) is 14.5. The molecule has 3 rings (SSSR count). The molecule has 1 aliphatic rings. The molecule has 1 saturated heterocycles. The predicted molar refractivity (Wildman–Crippen MR) is 97.3 cm³/mol. The number of benzene rings is 1. The molecular formula is C18H24N4O3. The molecule has 1 aromatic heterocycles. The predicted octanol–water partition coefficient (Wildman–Crippen LogP) is 3.45. The van der Waals surface area contributed by atoms with Crippen molar-refractivity contribution in [3.8, 4) is 0 Å². The fourth-order valence-corrected chi connectivity index (χ4v) is 2.62. The first kappa shape index (κ1) is 17.3. The molecule has 1 fully saturated rings. The van der Waals surface area contributed by atoms with E-state index in [1.165, 1.54) is 0 Å². The first-order chi connectivity index (χ1) is 11.9. The zero-order chi connectivity index (χ0) is 17.9. The summed E-state index contributed by atoms with van der Waals surface area (Å²) in [5.74, 6) is 1.11. The second-order valence-corrected chi connectivity index (χ2v) is 7.02. The first-order valence-electron chi connectivity index (χ1n) is 8.40. The maximum absolute atomic E-state index is 12.3. The van der Waals surface area contributed by atoms with Gasteiger partial charge in [-0.1, -0.05) is 38.1 Å². The number of aromatic nitrogens is 1. The highest BCUT2D eigenvalue weighted by Gasteiger charge is 2.21. The largest absolute Gasteiger partial charge is 0.378 e. The van der Waals surface area contributed by atoms with E-state index in [-0.39, 0.29) is 11.4 Å². The highest BCUT2D eigenvalue weighted by molar-refractivity contribution is 6.01. The van der Waals surface area contributed by atoms with E-state index in [9.17, 15) is 4.79 Å². The number of amides is 2. The second-order valence-electron chi connectivity index (χ2n) is 7.02. The Morgan fingerprint density at radius 1 is 1.16 bits per heavy atom. The standard InChI is InChI=1S/C18H24N4O3/c1-18(2,3)15-12-16(21-25-15)20-17(23)19-13-6-4-5-7-14(13)22-8-10-24-11-9-22/h4-7,12H,8-11H2,1-3H3,(H2,19,20,21,23). The topological polar surface area (TPSA) is 79.6 Å². The third-order valence-corrected chi connectivity index (χ3v) is 3.99. The molecule has 2 heterocycles. The minimum absolute atomic E-state index is 0.160. The molecular weight excluding hydrogens is 320 g/mol. The van der Waals surface area contributed by atoms with Crippen LogP contribution in [0.15, 0.2) is 34.9 Å². The molecule has 1 aromatic carbocycles. The Hall–Kier alpha value is -2.54. The number of anilines is 3. The minimum atomic E-state index is -0.352. The Bertz CT molecular complexity index is 730. The van der Waals surface area contributed by atoms with Crippen molar-refractivity contribution in [1.82, 2.24) is 5.16 Å². The normalized spacial score (nSPS) is 15.1. The number of carbonyl (C=O) groups excluding carboxylic acids is 1. The van der Waals surface area contributed by atoms with Crippen molar-refractivity contribution < 1.29 is 14.1 Å².